The Morgan fingerprint density at radius 3 is 2.39 bits per heavy atom. The molecule has 1 aliphatic rings. The Morgan fingerprint density at radius 2 is 1.86 bits per heavy atom. The van der Waals surface area contributed by atoms with Crippen molar-refractivity contribution in [2.24, 2.45) is 11.5 Å². The fraction of sp³-hybridized carbons (Fsp3) is 0.765. The largest absolute Gasteiger partial charge is 0.480 e. The molecule has 0 radical (unpaired) electrons. The van der Waals surface area contributed by atoms with Crippen molar-refractivity contribution in [3.05, 3.63) is 0 Å². The van der Waals surface area contributed by atoms with Gasteiger partial charge < -0.3 is 37.2 Å². The highest BCUT2D eigenvalue weighted by atomic mass is 16.4. The lowest BCUT2D eigenvalue weighted by molar-refractivity contribution is -0.150. The van der Waals surface area contributed by atoms with E-state index in [4.69, 9.17) is 11.5 Å². The van der Waals surface area contributed by atoms with Crippen LogP contribution in [0.25, 0.3) is 0 Å². The summed E-state index contributed by atoms with van der Waals surface area (Å²) < 4.78 is 0. The van der Waals surface area contributed by atoms with E-state index in [1.165, 1.54) is 6.92 Å². The predicted molar refractivity (Wildman–Crippen MR) is 99.9 cm³/mol. The van der Waals surface area contributed by atoms with Crippen LogP contribution < -0.4 is 22.1 Å². The molecule has 8 N–H and O–H groups in total. The highest BCUT2D eigenvalue weighted by Crippen LogP contribution is 2.19. The van der Waals surface area contributed by atoms with E-state index in [0.29, 0.717) is 32.2 Å². The average molecular weight is 401 g/mol. The molecule has 1 heterocycles. The molecule has 0 aromatic carbocycles. The molecule has 1 aliphatic heterocycles. The van der Waals surface area contributed by atoms with Crippen LogP contribution in [0.5, 0.6) is 0 Å². The Balaban J connectivity index is 2.88. The van der Waals surface area contributed by atoms with Crippen molar-refractivity contribution in [2.75, 3.05) is 19.6 Å². The summed E-state index contributed by atoms with van der Waals surface area (Å²) in [5.74, 6) is -2.97. The zero-order valence-corrected chi connectivity index (χ0v) is 16.1. The number of aliphatic hydroxyl groups is 1. The second-order valence-electron chi connectivity index (χ2n) is 6.86. The van der Waals surface area contributed by atoms with E-state index in [1.54, 1.807) is 0 Å². The standard InChI is InChI=1S/C17H31N5O6/c1-10(23)14(16(26)22-8-4-6-12(22)17(27)28)21-15(25)11(5-2-3-7-18)20-13(24)9-19/h10-12,14,23H,2-9,18-19H2,1H3,(H,20,24)(H,21,25)(H,27,28). The van der Waals surface area contributed by atoms with Gasteiger partial charge in [0.15, 0.2) is 0 Å². The molecule has 11 heteroatoms. The molecule has 0 aromatic rings. The molecule has 0 aromatic heterocycles. The summed E-state index contributed by atoms with van der Waals surface area (Å²) >= 11 is 0. The van der Waals surface area contributed by atoms with Crippen LogP contribution in [0.1, 0.15) is 39.0 Å². The molecule has 0 aliphatic carbocycles. The first-order chi connectivity index (χ1) is 13.2. The first-order valence-corrected chi connectivity index (χ1v) is 9.44. The van der Waals surface area contributed by atoms with E-state index in [0.717, 1.165) is 4.90 Å². The molecule has 4 atom stereocenters. The number of hydrogen-bond acceptors (Lipinski definition) is 7. The molecule has 1 saturated heterocycles. The number of aliphatic hydroxyl groups excluding tert-OH is 1. The number of unbranched alkanes of at least 4 members (excludes halogenated alkanes) is 1. The molecule has 0 bridgehead atoms. The van der Waals surface area contributed by atoms with Crippen molar-refractivity contribution in [3.8, 4) is 0 Å². The number of likely N-dealkylation sites (tertiary alicyclic amines) is 1. The molecule has 3 amide bonds. The van der Waals surface area contributed by atoms with Crippen molar-refractivity contribution in [1.29, 1.82) is 0 Å². The second-order valence-corrected chi connectivity index (χ2v) is 6.86. The number of carboxylic acids is 1. The minimum atomic E-state index is -1.32. The zero-order chi connectivity index (χ0) is 21.3. The van der Waals surface area contributed by atoms with Gasteiger partial charge in [0.2, 0.25) is 17.7 Å². The summed E-state index contributed by atoms with van der Waals surface area (Å²) in [4.78, 5) is 49.5. The average Bonchev–Trinajstić information content (AvgIpc) is 3.14. The van der Waals surface area contributed by atoms with Gasteiger partial charge in [-0.05, 0) is 45.6 Å². The smallest absolute Gasteiger partial charge is 0.326 e. The van der Waals surface area contributed by atoms with Gasteiger partial charge in [0.05, 0.1) is 12.6 Å². The summed E-state index contributed by atoms with van der Waals surface area (Å²) in [6.45, 7) is 1.70. The van der Waals surface area contributed by atoms with Gasteiger partial charge in [-0.25, -0.2) is 4.79 Å². The maximum Gasteiger partial charge on any atom is 0.326 e. The summed E-state index contributed by atoms with van der Waals surface area (Å²) in [7, 11) is 0. The lowest BCUT2D eigenvalue weighted by Crippen LogP contribution is -2.59. The Bertz CT molecular complexity index is 570. The molecule has 28 heavy (non-hydrogen) atoms. The Morgan fingerprint density at radius 1 is 1.18 bits per heavy atom. The number of nitrogens with zero attached hydrogens (tertiary/aromatic N) is 1. The maximum absolute atomic E-state index is 12.8. The van der Waals surface area contributed by atoms with E-state index in [1.807, 2.05) is 0 Å². The third-order valence-electron chi connectivity index (χ3n) is 4.65. The first kappa shape index (κ1) is 23.8. The SMILES string of the molecule is CC(O)C(NC(=O)C(CCCCN)NC(=O)CN)C(=O)N1CCCC1C(=O)O. The predicted octanol–water partition coefficient (Wildman–Crippen LogP) is -2.50. The number of carbonyl (C=O) groups excluding carboxylic acids is 3. The van der Waals surface area contributed by atoms with Gasteiger partial charge in [0.25, 0.3) is 0 Å². The van der Waals surface area contributed by atoms with Crippen molar-refractivity contribution in [2.45, 2.75) is 63.3 Å². The first-order valence-electron chi connectivity index (χ1n) is 9.44. The second kappa shape index (κ2) is 11.6. The summed E-state index contributed by atoms with van der Waals surface area (Å²) in [5, 5.41) is 24.2. The number of hydrogen-bond donors (Lipinski definition) is 6. The molecule has 0 spiro atoms. The quantitative estimate of drug-likeness (QED) is 0.205. The molecule has 1 rings (SSSR count). The van der Waals surface area contributed by atoms with E-state index in [2.05, 4.69) is 10.6 Å². The molecule has 1 fully saturated rings. The third kappa shape index (κ3) is 6.73. The highest BCUT2D eigenvalue weighted by molar-refractivity contribution is 5.94. The van der Waals surface area contributed by atoms with E-state index in [9.17, 15) is 29.4 Å². The summed E-state index contributed by atoms with van der Waals surface area (Å²) in [6, 6.07) is -3.24. The number of nitrogens with one attached hydrogen (secondary N) is 2. The maximum atomic E-state index is 12.8. The van der Waals surface area contributed by atoms with Gasteiger partial charge >= 0.3 is 5.97 Å². The van der Waals surface area contributed by atoms with Crippen LogP contribution in [-0.2, 0) is 19.2 Å². The Kier molecular flexibility index (Phi) is 9.83. The lowest BCUT2D eigenvalue weighted by atomic mass is 10.1. The minimum absolute atomic E-state index is 0.235. The van der Waals surface area contributed by atoms with Crippen molar-refractivity contribution < 1.29 is 29.4 Å². The van der Waals surface area contributed by atoms with Crippen LogP contribution in [0.4, 0.5) is 0 Å². The molecule has 0 saturated carbocycles. The van der Waals surface area contributed by atoms with Gasteiger partial charge in [0.1, 0.15) is 18.1 Å². The molecular formula is C17H31N5O6. The topological polar surface area (TPSA) is 188 Å². The van der Waals surface area contributed by atoms with Gasteiger partial charge in [-0.15, -0.1) is 0 Å². The van der Waals surface area contributed by atoms with Crippen LogP contribution in [0.3, 0.4) is 0 Å². The normalized spacial score (nSPS) is 19.6. The molecular weight excluding hydrogens is 370 g/mol. The van der Waals surface area contributed by atoms with Gasteiger partial charge in [-0.3, -0.25) is 14.4 Å². The monoisotopic (exact) mass is 401 g/mol. The van der Waals surface area contributed by atoms with E-state index in [-0.39, 0.29) is 19.5 Å². The molecule has 11 nitrogen and oxygen atoms in total. The van der Waals surface area contributed by atoms with Crippen LogP contribution in [0, 0.1) is 0 Å². The molecule has 4 unspecified atom stereocenters. The van der Waals surface area contributed by atoms with Crippen molar-refractivity contribution in [3.63, 3.8) is 0 Å². The summed E-state index contributed by atoms with van der Waals surface area (Å²) in [6.07, 6.45) is 1.10. The number of amides is 3. The fourth-order valence-corrected chi connectivity index (χ4v) is 3.12. The van der Waals surface area contributed by atoms with Gasteiger partial charge in [-0.2, -0.15) is 0 Å². The Labute approximate surface area is 163 Å². The Hall–Kier alpha value is -2.24. The summed E-state index contributed by atoms with van der Waals surface area (Å²) in [5.41, 5.74) is 10.7. The van der Waals surface area contributed by atoms with Crippen molar-refractivity contribution in [1.82, 2.24) is 15.5 Å². The van der Waals surface area contributed by atoms with Crippen molar-refractivity contribution >= 4 is 23.7 Å². The van der Waals surface area contributed by atoms with Crippen LogP contribution in [0.2, 0.25) is 0 Å². The number of aliphatic carboxylic acids is 1. The van der Waals surface area contributed by atoms with Gasteiger partial charge in [0, 0.05) is 6.54 Å². The molecule has 160 valence electrons. The van der Waals surface area contributed by atoms with E-state index < -0.39 is 47.9 Å². The number of carboxylic acid groups (broad SMARTS) is 1. The minimum Gasteiger partial charge on any atom is -0.480 e. The fourth-order valence-electron chi connectivity index (χ4n) is 3.12. The lowest BCUT2D eigenvalue weighted by Gasteiger charge is -2.30. The van der Waals surface area contributed by atoms with E-state index >= 15 is 0 Å². The highest BCUT2D eigenvalue weighted by Gasteiger charge is 2.39. The van der Waals surface area contributed by atoms with Crippen LogP contribution in [0.15, 0.2) is 0 Å². The zero-order valence-electron chi connectivity index (χ0n) is 16.1. The number of nitrogens with two attached hydrogens (primary N) is 2. The van der Waals surface area contributed by atoms with Crippen LogP contribution in [-0.4, -0.2) is 82.7 Å². The van der Waals surface area contributed by atoms with Gasteiger partial charge in [-0.1, -0.05) is 0 Å². The van der Waals surface area contributed by atoms with Crippen LogP contribution >= 0.6 is 0 Å². The number of rotatable bonds is 11. The third-order valence-corrected chi connectivity index (χ3v) is 4.65. The number of carbonyl (C=O) groups is 4.